The fourth-order valence-corrected chi connectivity index (χ4v) is 1.69. The molecule has 1 aromatic carbocycles. The Bertz CT molecular complexity index is 370. The minimum atomic E-state index is -0.0246. The number of ether oxygens (including phenoxy) is 1. The van der Waals surface area contributed by atoms with E-state index in [2.05, 4.69) is 13.8 Å². The maximum absolute atomic E-state index is 11.4. The van der Waals surface area contributed by atoms with E-state index in [1.807, 2.05) is 0 Å². The zero-order chi connectivity index (χ0) is 12.1. The Labute approximate surface area is 102 Å². The first-order valence-electron chi connectivity index (χ1n) is 5.55. The number of carbonyl (C=O) groups excluding carboxylic acids is 1. The van der Waals surface area contributed by atoms with E-state index in [4.69, 9.17) is 16.3 Å². The molecule has 0 aliphatic carbocycles. The van der Waals surface area contributed by atoms with Crippen molar-refractivity contribution in [2.24, 2.45) is 0 Å². The van der Waals surface area contributed by atoms with Crippen molar-refractivity contribution in [3.63, 3.8) is 0 Å². The lowest BCUT2D eigenvalue weighted by Gasteiger charge is -2.17. The van der Waals surface area contributed by atoms with E-state index >= 15 is 0 Å². The smallest absolute Gasteiger partial charge is 0.163 e. The van der Waals surface area contributed by atoms with Crippen molar-refractivity contribution < 1.29 is 9.53 Å². The number of hydrogen-bond acceptors (Lipinski definition) is 2. The molecule has 0 radical (unpaired) electrons. The van der Waals surface area contributed by atoms with Gasteiger partial charge in [0.1, 0.15) is 5.75 Å². The summed E-state index contributed by atoms with van der Waals surface area (Å²) >= 11 is 5.86. The fraction of sp³-hybridized carbons (Fsp3) is 0.462. The second-order valence-electron chi connectivity index (χ2n) is 3.75. The van der Waals surface area contributed by atoms with Crippen LogP contribution in [0.1, 0.15) is 44.0 Å². The van der Waals surface area contributed by atoms with Crippen molar-refractivity contribution in [3.05, 3.63) is 28.8 Å². The monoisotopic (exact) mass is 240 g/mol. The molecule has 0 aliphatic heterocycles. The molecule has 0 amide bonds. The van der Waals surface area contributed by atoms with Gasteiger partial charge < -0.3 is 4.74 Å². The van der Waals surface area contributed by atoms with Crippen LogP contribution in [-0.4, -0.2) is 11.9 Å². The van der Waals surface area contributed by atoms with E-state index in [1.165, 1.54) is 6.92 Å². The minimum Gasteiger partial charge on any atom is -0.490 e. The zero-order valence-electron chi connectivity index (χ0n) is 9.92. The highest BCUT2D eigenvalue weighted by Crippen LogP contribution is 2.25. The van der Waals surface area contributed by atoms with E-state index in [1.54, 1.807) is 18.2 Å². The largest absolute Gasteiger partial charge is 0.490 e. The highest BCUT2D eigenvalue weighted by Gasteiger charge is 2.12. The molecule has 0 atom stereocenters. The van der Waals surface area contributed by atoms with Crippen molar-refractivity contribution in [2.75, 3.05) is 0 Å². The van der Waals surface area contributed by atoms with E-state index in [-0.39, 0.29) is 11.9 Å². The average Bonchev–Trinajstić information content (AvgIpc) is 2.27. The molecule has 1 rings (SSSR count). The van der Waals surface area contributed by atoms with Crippen molar-refractivity contribution in [1.82, 2.24) is 0 Å². The molecule has 88 valence electrons. The first-order chi connectivity index (χ1) is 7.58. The molecule has 0 heterocycles. The van der Waals surface area contributed by atoms with Gasteiger partial charge in [0.15, 0.2) is 5.78 Å². The first-order valence-corrected chi connectivity index (χ1v) is 5.93. The van der Waals surface area contributed by atoms with Crippen LogP contribution >= 0.6 is 11.6 Å². The molecular formula is C13H17ClO2. The number of ketones is 1. The van der Waals surface area contributed by atoms with Gasteiger partial charge in [0.2, 0.25) is 0 Å². The van der Waals surface area contributed by atoms with Crippen LogP contribution in [0.5, 0.6) is 5.75 Å². The van der Waals surface area contributed by atoms with Gasteiger partial charge in [0, 0.05) is 5.02 Å². The van der Waals surface area contributed by atoms with Crippen LogP contribution in [-0.2, 0) is 0 Å². The number of Topliss-reactive ketones (excluding diaryl/α,β-unsaturated/α-hetero) is 1. The van der Waals surface area contributed by atoms with Gasteiger partial charge in [-0.1, -0.05) is 25.4 Å². The third-order valence-electron chi connectivity index (χ3n) is 2.53. The molecule has 0 N–H and O–H groups in total. The van der Waals surface area contributed by atoms with Gasteiger partial charge in [-0.05, 0) is 38.0 Å². The SMILES string of the molecule is CCC(CC)Oc1ccc(Cl)cc1C(C)=O. The Hall–Kier alpha value is -1.02. The molecule has 0 spiro atoms. The summed E-state index contributed by atoms with van der Waals surface area (Å²) < 4.78 is 5.78. The predicted octanol–water partition coefficient (Wildman–Crippen LogP) is 4.11. The maximum Gasteiger partial charge on any atom is 0.163 e. The molecule has 0 aromatic heterocycles. The van der Waals surface area contributed by atoms with E-state index in [9.17, 15) is 4.79 Å². The summed E-state index contributed by atoms with van der Waals surface area (Å²) in [4.78, 5) is 11.4. The third kappa shape index (κ3) is 3.24. The minimum absolute atomic E-state index is 0.0246. The summed E-state index contributed by atoms with van der Waals surface area (Å²) in [7, 11) is 0. The second-order valence-corrected chi connectivity index (χ2v) is 4.19. The lowest BCUT2D eigenvalue weighted by Crippen LogP contribution is -2.15. The van der Waals surface area contributed by atoms with Crippen LogP contribution in [0.4, 0.5) is 0 Å². The molecule has 0 bridgehead atoms. The van der Waals surface area contributed by atoms with Gasteiger partial charge in [-0.2, -0.15) is 0 Å². The molecule has 2 nitrogen and oxygen atoms in total. The van der Waals surface area contributed by atoms with Crippen molar-refractivity contribution in [1.29, 1.82) is 0 Å². The third-order valence-corrected chi connectivity index (χ3v) is 2.76. The molecule has 0 fully saturated rings. The average molecular weight is 241 g/mol. The summed E-state index contributed by atoms with van der Waals surface area (Å²) in [5, 5.41) is 0.557. The Morgan fingerprint density at radius 3 is 2.50 bits per heavy atom. The van der Waals surface area contributed by atoms with E-state index < -0.39 is 0 Å². The highest BCUT2D eigenvalue weighted by atomic mass is 35.5. The maximum atomic E-state index is 11.4. The van der Waals surface area contributed by atoms with Crippen LogP contribution in [0, 0.1) is 0 Å². The summed E-state index contributed by atoms with van der Waals surface area (Å²) in [6, 6.07) is 5.16. The second kappa shape index (κ2) is 5.90. The number of rotatable bonds is 5. The molecular weight excluding hydrogens is 224 g/mol. The molecule has 1 aromatic rings. The van der Waals surface area contributed by atoms with Gasteiger partial charge in [-0.3, -0.25) is 4.79 Å². The number of halogens is 1. The summed E-state index contributed by atoms with van der Waals surface area (Å²) in [5.41, 5.74) is 0.555. The molecule has 0 saturated carbocycles. The lowest BCUT2D eigenvalue weighted by atomic mass is 10.1. The van der Waals surface area contributed by atoms with Crippen LogP contribution in [0.3, 0.4) is 0 Å². The Morgan fingerprint density at radius 1 is 1.38 bits per heavy atom. The summed E-state index contributed by atoms with van der Waals surface area (Å²) in [5.74, 6) is 0.606. The van der Waals surface area contributed by atoms with Crippen LogP contribution in [0.2, 0.25) is 5.02 Å². The number of benzene rings is 1. The number of hydrogen-bond donors (Lipinski definition) is 0. The first kappa shape index (κ1) is 13.0. The van der Waals surface area contributed by atoms with Crippen LogP contribution in [0.15, 0.2) is 18.2 Å². The highest BCUT2D eigenvalue weighted by molar-refractivity contribution is 6.31. The van der Waals surface area contributed by atoms with Gasteiger partial charge in [0.05, 0.1) is 11.7 Å². The van der Waals surface area contributed by atoms with Gasteiger partial charge in [0.25, 0.3) is 0 Å². The Kier molecular flexibility index (Phi) is 4.81. The predicted molar refractivity (Wildman–Crippen MR) is 66.5 cm³/mol. The Morgan fingerprint density at radius 2 is 2.00 bits per heavy atom. The van der Waals surface area contributed by atoms with E-state index in [0.717, 1.165) is 12.8 Å². The standard InChI is InChI=1S/C13H17ClO2/c1-4-11(5-2)16-13-7-6-10(14)8-12(13)9(3)15/h6-8,11H,4-5H2,1-3H3. The summed E-state index contributed by atoms with van der Waals surface area (Å²) in [6.45, 7) is 5.65. The number of carbonyl (C=O) groups is 1. The molecule has 0 unspecified atom stereocenters. The van der Waals surface area contributed by atoms with Crippen LogP contribution < -0.4 is 4.74 Å². The fourth-order valence-electron chi connectivity index (χ4n) is 1.52. The summed E-state index contributed by atoms with van der Waals surface area (Å²) in [6.07, 6.45) is 2.01. The van der Waals surface area contributed by atoms with Gasteiger partial charge >= 0.3 is 0 Å². The molecule has 16 heavy (non-hydrogen) atoms. The van der Waals surface area contributed by atoms with Gasteiger partial charge in [-0.25, -0.2) is 0 Å². The molecule has 0 aliphatic rings. The molecule has 0 saturated heterocycles. The Balaban J connectivity index is 2.98. The van der Waals surface area contributed by atoms with Gasteiger partial charge in [-0.15, -0.1) is 0 Å². The van der Waals surface area contributed by atoms with Crippen molar-refractivity contribution in [2.45, 2.75) is 39.7 Å². The van der Waals surface area contributed by atoms with Crippen LogP contribution in [0.25, 0.3) is 0 Å². The van der Waals surface area contributed by atoms with Crippen molar-refractivity contribution in [3.8, 4) is 5.75 Å². The van der Waals surface area contributed by atoms with Crippen molar-refractivity contribution >= 4 is 17.4 Å². The topological polar surface area (TPSA) is 26.3 Å². The van der Waals surface area contributed by atoms with E-state index in [0.29, 0.717) is 16.3 Å². The quantitative estimate of drug-likeness (QED) is 0.724. The molecule has 3 heteroatoms. The lowest BCUT2D eigenvalue weighted by molar-refractivity contribution is 0.100. The zero-order valence-corrected chi connectivity index (χ0v) is 10.7. The normalized spacial score (nSPS) is 10.6.